The highest BCUT2D eigenvalue weighted by Gasteiger charge is 2.19. The summed E-state index contributed by atoms with van der Waals surface area (Å²) >= 11 is 0. The van der Waals surface area contributed by atoms with Crippen molar-refractivity contribution in [1.29, 1.82) is 0 Å². The molecular formula is C75H128O6. The van der Waals surface area contributed by atoms with E-state index in [1.165, 1.54) is 148 Å². The molecule has 464 valence electrons. The van der Waals surface area contributed by atoms with E-state index < -0.39 is 6.10 Å². The minimum absolute atomic E-state index is 0.0888. The van der Waals surface area contributed by atoms with Gasteiger partial charge in [0.1, 0.15) is 13.2 Å². The van der Waals surface area contributed by atoms with Crippen molar-refractivity contribution in [2.45, 2.75) is 335 Å². The molecule has 0 aromatic carbocycles. The molecule has 1 atom stereocenters. The third kappa shape index (κ3) is 66.8. The van der Waals surface area contributed by atoms with Gasteiger partial charge in [-0.3, -0.25) is 14.4 Å². The molecule has 0 aromatic rings. The van der Waals surface area contributed by atoms with Gasteiger partial charge in [0.25, 0.3) is 0 Å². The number of allylic oxidation sites excluding steroid dienone is 18. The Kier molecular flexibility index (Phi) is 65.2. The van der Waals surface area contributed by atoms with E-state index in [0.717, 1.165) is 141 Å². The fraction of sp³-hybridized carbons (Fsp3) is 0.720. The van der Waals surface area contributed by atoms with Crippen LogP contribution in [0.15, 0.2) is 109 Å². The molecule has 0 heterocycles. The second-order valence-corrected chi connectivity index (χ2v) is 22.7. The minimum Gasteiger partial charge on any atom is -0.462 e. The number of hydrogen-bond acceptors (Lipinski definition) is 6. The molecule has 81 heavy (non-hydrogen) atoms. The van der Waals surface area contributed by atoms with Gasteiger partial charge in [-0.1, -0.05) is 297 Å². The molecular weight excluding hydrogens is 997 g/mol. The van der Waals surface area contributed by atoms with Gasteiger partial charge in [0.15, 0.2) is 6.10 Å². The van der Waals surface area contributed by atoms with E-state index in [-0.39, 0.29) is 31.1 Å². The summed E-state index contributed by atoms with van der Waals surface area (Å²) in [6.07, 6.45) is 94.0. The molecule has 0 aliphatic carbocycles. The molecule has 0 N–H and O–H groups in total. The summed E-state index contributed by atoms with van der Waals surface area (Å²) in [4.78, 5) is 38.4. The van der Waals surface area contributed by atoms with E-state index in [2.05, 4.69) is 130 Å². The molecule has 0 saturated carbocycles. The lowest BCUT2D eigenvalue weighted by Gasteiger charge is -2.18. The standard InChI is InChI=1S/C75H128O6/c1-4-7-10-13-16-19-22-25-28-30-32-33-34-35-36-37-38-39-40-41-43-44-47-50-53-56-59-62-65-68-74(77)80-71-72(70-79-73(76)67-64-61-58-55-52-49-46-27-24-21-18-15-12-9-6-3)81-75(78)69-66-63-60-57-54-51-48-45-42-31-29-26-23-20-17-14-11-8-5-2/h8-9,11-12,17-18,20-22,25-27,29-30,32,42,45-46,72H,4-7,10,13-16,19,23-24,28,31,33-41,43-44,47-71H2,1-3H3/b11-8-,12-9-,20-17-,21-18-,25-22-,29-26-,32-30-,45-42-,46-27-. The van der Waals surface area contributed by atoms with Crippen molar-refractivity contribution < 1.29 is 28.6 Å². The Balaban J connectivity index is 4.29. The van der Waals surface area contributed by atoms with Crippen molar-refractivity contribution in [3.8, 4) is 0 Å². The van der Waals surface area contributed by atoms with Gasteiger partial charge in [0, 0.05) is 19.3 Å². The van der Waals surface area contributed by atoms with E-state index in [9.17, 15) is 14.4 Å². The molecule has 0 radical (unpaired) electrons. The summed E-state index contributed by atoms with van der Waals surface area (Å²) < 4.78 is 16.9. The summed E-state index contributed by atoms with van der Waals surface area (Å²) in [7, 11) is 0. The quantitative estimate of drug-likeness (QED) is 0.0261. The van der Waals surface area contributed by atoms with Gasteiger partial charge in [-0.15, -0.1) is 0 Å². The molecule has 0 aromatic heterocycles. The number of ether oxygens (including phenoxy) is 3. The van der Waals surface area contributed by atoms with Crippen LogP contribution in [0.25, 0.3) is 0 Å². The average Bonchev–Trinajstić information content (AvgIpc) is 3.47. The van der Waals surface area contributed by atoms with Crippen LogP contribution in [-0.2, 0) is 28.6 Å². The molecule has 0 fully saturated rings. The largest absolute Gasteiger partial charge is 0.462 e. The van der Waals surface area contributed by atoms with Crippen LogP contribution >= 0.6 is 0 Å². The van der Waals surface area contributed by atoms with Crippen molar-refractivity contribution >= 4 is 17.9 Å². The van der Waals surface area contributed by atoms with Gasteiger partial charge in [-0.05, 0) is 122 Å². The molecule has 0 bridgehead atoms. The first kappa shape index (κ1) is 77.1. The van der Waals surface area contributed by atoms with Crippen molar-refractivity contribution in [2.75, 3.05) is 13.2 Å². The Bertz CT molecular complexity index is 1620. The predicted molar refractivity (Wildman–Crippen MR) is 353 cm³/mol. The van der Waals surface area contributed by atoms with Gasteiger partial charge in [-0.25, -0.2) is 0 Å². The van der Waals surface area contributed by atoms with Gasteiger partial charge in [-0.2, -0.15) is 0 Å². The summed E-state index contributed by atoms with van der Waals surface area (Å²) in [5, 5.41) is 0. The van der Waals surface area contributed by atoms with Crippen LogP contribution in [0, 0.1) is 0 Å². The lowest BCUT2D eigenvalue weighted by molar-refractivity contribution is -0.167. The van der Waals surface area contributed by atoms with E-state index in [4.69, 9.17) is 14.2 Å². The van der Waals surface area contributed by atoms with Gasteiger partial charge in [0.2, 0.25) is 0 Å². The second-order valence-electron chi connectivity index (χ2n) is 22.7. The highest BCUT2D eigenvalue weighted by Crippen LogP contribution is 2.17. The maximum Gasteiger partial charge on any atom is 0.306 e. The zero-order chi connectivity index (χ0) is 58.5. The summed E-state index contributed by atoms with van der Waals surface area (Å²) in [6.45, 7) is 6.41. The molecule has 0 amide bonds. The number of esters is 3. The number of carbonyl (C=O) groups excluding carboxylic acids is 3. The molecule has 6 heteroatoms. The summed E-state index contributed by atoms with van der Waals surface area (Å²) in [5.74, 6) is -0.910. The van der Waals surface area contributed by atoms with E-state index in [1.54, 1.807) is 0 Å². The van der Waals surface area contributed by atoms with E-state index >= 15 is 0 Å². The molecule has 0 spiro atoms. The highest BCUT2D eigenvalue weighted by molar-refractivity contribution is 5.71. The third-order valence-corrected chi connectivity index (χ3v) is 14.7. The molecule has 1 unspecified atom stereocenters. The second kappa shape index (κ2) is 68.6. The van der Waals surface area contributed by atoms with Gasteiger partial charge >= 0.3 is 17.9 Å². The van der Waals surface area contributed by atoms with Crippen LogP contribution in [-0.4, -0.2) is 37.2 Å². The Morgan fingerprint density at radius 2 is 0.481 bits per heavy atom. The number of rotatable bonds is 62. The fourth-order valence-electron chi connectivity index (χ4n) is 9.66. The van der Waals surface area contributed by atoms with Gasteiger partial charge in [0.05, 0.1) is 0 Å². The molecule has 0 rings (SSSR count). The Labute approximate surface area is 501 Å². The Morgan fingerprint density at radius 1 is 0.259 bits per heavy atom. The fourth-order valence-corrected chi connectivity index (χ4v) is 9.66. The molecule has 0 saturated heterocycles. The highest BCUT2D eigenvalue weighted by atomic mass is 16.6. The molecule has 0 aliphatic heterocycles. The summed E-state index contributed by atoms with van der Waals surface area (Å²) in [6, 6.07) is 0. The minimum atomic E-state index is -0.796. The monoisotopic (exact) mass is 1120 g/mol. The number of hydrogen-bond donors (Lipinski definition) is 0. The lowest BCUT2D eigenvalue weighted by atomic mass is 10.0. The lowest BCUT2D eigenvalue weighted by Crippen LogP contribution is -2.30. The van der Waals surface area contributed by atoms with Gasteiger partial charge < -0.3 is 14.2 Å². The van der Waals surface area contributed by atoms with Crippen molar-refractivity contribution in [2.24, 2.45) is 0 Å². The van der Waals surface area contributed by atoms with Crippen LogP contribution < -0.4 is 0 Å². The van der Waals surface area contributed by atoms with Crippen LogP contribution in [0.3, 0.4) is 0 Å². The average molecular weight is 1130 g/mol. The van der Waals surface area contributed by atoms with Crippen molar-refractivity contribution in [3.05, 3.63) is 109 Å². The van der Waals surface area contributed by atoms with Crippen LogP contribution in [0.5, 0.6) is 0 Å². The Morgan fingerprint density at radius 3 is 0.753 bits per heavy atom. The number of unbranched alkanes of at least 4 members (excludes halogenated alkanes) is 33. The first-order valence-corrected chi connectivity index (χ1v) is 34.4. The van der Waals surface area contributed by atoms with Crippen LogP contribution in [0.4, 0.5) is 0 Å². The zero-order valence-electron chi connectivity index (χ0n) is 53.3. The van der Waals surface area contributed by atoms with Crippen LogP contribution in [0.1, 0.15) is 329 Å². The maximum atomic E-state index is 12.9. The smallest absolute Gasteiger partial charge is 0.306 e. The zero-order valence-corrected chi connectivity index (χ0v) is 53.3. The first-order chi connectivity index (χ1) is 40.0. The number of carbonyl (C=O) groups is 3. The topological polar surface area (TPSA) is 78.9 Å². The third-order valence-electron chi connectivity index (χ3n) is 14.7. The van der Waals surface area contributed by atoms with E-state index in [1.807, 2.05) is 0 Å². The summed E-state index contributed by atoms with van der Waals surface area (Å²) in [5.41, 5.74) is 0. The maximum absolute atomic E-state index is 12.9. The van der Waals surface area contributed by atoms with Crippen molar-refractivity contribution in [3.63, 3.8) is 0 Å². The van der Waals surface area contributed by atoms with E-state index in [0.29, 0.717) is 19.3 Å². The molecule has 0 aliphatic rings. The van der Waals surface area contributed by atoms with Crippen LogP contribution in [0.2, 0.25) is 0 Å². The normalized spacial score (nSPS) is 12.8. The SMILES string of the molecule is CC/C=C\C/C=C\C/C=C\C/C=C\CCCCCCCCC(=O)OC(COC(=O)CCCCCCC/C=C\C/C=C\C/C=C\CC)COC(=O)CCCCCCCCCCCCCCCCCCC/C=C\C/C=C\CCCCCCC. The van der Waals surface area contributed by atoms with Crippen molar-refractivity contribution in [1.82, 2.24) is 0 Å². The first-order valence-electron chi connectivity index (χ1n) is 34.4. The predicted octanol–water partition coefficient (Wildman–Crippen LogP) is 23.8. The molecule has 6 nitrogen and oxygen atoms in total. The Hall–Kier alpha value is -3.93.